The number of halogens is 3. The van der Waals surface area contributed by atoms with Crippen LogP contribution in [0.4, 0.5) is 18.9 Å². The fourth-order valence-corrected chi connectivity index (χ4v) is 1.79. The maximum atomic E-state index is 12.4. The van der Waals surface area contributed by atoms with Crippen molar-refractivity contribution in [3.05, 3.63) is 29.3 Å². The molecule has 2 rings (SSSR count). The minimum atomic E-state index is -4.52. The predicted octanol–water partition coefficient (Wildman–Crippen LogP) is 2.25. The number of anilines is 1. The highest BCUT2D eigenvalue weighted by Gasteiger charge is 2.38. The molecule has 0 aliphatic carbocycles. The van der Waals surface area contributed by atoms with E-state index in [4.69, 9.17) is 0 Å². The zero-order chi connectivity index (χ0) is 12.8. The first-order valence-electron chi connectivity index (χ1n) is 4.93. The molecule has 0 saturated heterocycles. The van der Waals surface area contributed by atoms with Crippen molar-refractivity contribution >= 4 is 17.4 Å². The molecule has 1 amide bonds. The van der Waals surface area contributed by atoms with Crippen molar-refractivity contribution in [1.29, 1.82) is 0 Å². The largest absolute Gasteiger partial charge is 0.416 e. The van der Waals surface area contributed by atoms with Crippen molar-refractivity contribution in [2.75, 3.05) is 11.4 Å². The van der Waals surface area contributed by atoms with Gasteiger partial charge in [0.1, 0.15) is 0 Å². The second-order valence-electron chi connectivity index (χ2n) is 3.61. The van der Waals surface area contributed by atoms with Crippen LogP contribution in [0.25, 0.3) is 0 Å². The predicted molar refractivity (Wildman–Crippen MR) is 53.8 cm³/mol. The third-order valence-corrected chi connectivity index (χ3v) is 2.61. The molecule has 0 atom stereocenters. The van der Waals surface area contributed by atoms with Gasteiger partial charge in [0.2, 0.25) is 0 Å². The van der Waals surface area contributed by atoms with E-state index in [-0.39, 0.29) is 17.8 Å². The Labute approximate surface area is 94.8 Å². The first-order chi connectivity index (χ1) is 7.86. The Morgan fingerprint density at radius 2 is 1.88 bits per heavy atom. The van der Waals surface area contributed by atoms with Gasteiger partial charge in [0.05, 0.1) is 16.8 Å². The minimum absolute atomic E-state index is 0.174. The summed E-state index contributed by atoms with van der Waals surface area (Å²) in [6.45, 7) is 1.90. The highest BCUT2D eigenvalue weighted by molar-refractivity contribution is 6.52. The smallest absolute Gasteiger partial charge is 0.305 e. The van der Waals surface area contributed by atoms with Crippen LogP contribution >= 0.6 is 0 Å². The number of Topliss-reactive ketones (excluding diaryl/α,β-unsaturated/α-hetero) is 1. The van der Waals surface area contributed by atoms with Crippen molar-refractivity contribution in [2.45, 2.75) is 13.1 Å². The number of fused-ring (bicyclic) bond motifs is 1. The van der Waals surface area contributed by atoms with Crippen LogP contribution in [-0.4, -0.2) is 18.2 Å². The summed E-state index contributed by atoms with van der Waals surface area (Å²) >= 11 is 0. The number of amides is 1. The number of likely N-dealkylation sites (N-methyl/N-ethyl adjacent to an activating group) is 1. The topological polar surface area (TPSA) is 37.4 Å². The van der Waals surface area contributed by atoms with Crippen molar-refractivity contribution in [3.63, 3.8) is 0 Å². The molecule has 0 bridgehead atoms. The summed E-state index contributed by atoms with van der Waals surface area (Å²) in [5.74, 6) is -1.66. The van der Waals surface area contributed by atoms with E-state index >= 15 is 0 Å². The lowest BCUT2D eigenvalue weighted by atomic mass is 10.1. The lowest BCUT2D eigenvalue weighted by Gasteiger charge is -2.14. The molecule has 0 saturated carbocycles. The van der Waals surface area contributed by atoms with E-state index in [9.17, 15) is 22.8 Å². The Bertz CT molecular complexity index is 508. The molecule has 1 aliphatic heterocycles. The van der Waals surface area contributed by atoms with E-state index in [1.165, 1.54) is 0 Å². The number of hydrogen-bond donors (Lipinski definition) is 0. The number of carbonyl (C=O) groups excluding carboxylic acids is 2. The summed E-state index contributed by atoms with van der Waals surface area (Å²) < 4.78 is 37.3. The molecule has 1 aromatic rings. The van der Waals surface area contributed by atoms with Crippen LogP contribution in [0.5, 0.6) is 0 Å². The Morgan fingerprint density at radius 1 is 1.24 bits per heavy atom. The highest BCUT2D eigenvalue weighted by atomic mass is 19.4. The van der Waals surface area contributed by atoms with Crippen LogP contribution in [0.1, 0.15) is 22.8 Å². The molecule has 90 valence electrons. The maximum Gasteiger partial charge on any atom is 0.416 e. The molecule has 0 N–H and O–H groups in total. The van der Waals surface area contributed by atoms with Gasteiger partial charge in [-0.3, -0.25) is 9.59 Å². The summed E-state index contributed by atoms with van der Waals surface area (Å²) in [4.78, 5) is 24.1. The zero-order valence-corrected chi connectivity index (χ0v) is 8.84. The molecule has 0 fully saturated rings. The van der Waals surface area contributed by atoms with Gasteiger partial charge in [0.25, 0.3) is 11.7 Å². The molecule has 1 aliphatic rings. The van der Waals surface area contributed by atoms with Crippen LogP contribution in [0.15, 0.2) is 18.2 Å². The summed E-state index contributed by atoms with van der Waals surface area (Å²) in [6, 6.07) is 2.75. The second-order valence-corrected chi connectivity index (χ2v) is 3.61. The monoisotopic (exact) mass is 243 g/mol. The van der Waals surface area contributed by atoms with Crippen LogP contribution in [0.3, 0.4) is 0 Å². The van der Waals surface area contributed by atoms with E-state index in [1.807, 2.05) is 0 Å². The molecule has 6 heteroatoms. The van der Waals surface area contributed by atoms with E-state index in [0.29, 0.717) is 0 Å². The Balaban J connectivity index is 2.56. The quantitative estimate of drug-likeness (QED) is 0.709. The molecular formula is C11H8F3NO2. The molecule has 0 spiro atoms. The molecular weight excluding hydrogens is 235 g/mol. The summed E-state index contributed by atoms with van der Waals surface area (Å²) in [6.07, 6.45) is -4.52. The number of alkyl halides is 3. The van der Waals surface area contributed by atoms with Gasteiger partial charge in [-0.1, -0.05) is 0 Å². The summed E-state index contributed by atoms with van der Waals surface area (Å²) in [7, 11) is 0. The Morgan fingerprint density at radius 3 is 2.41 bits per heavy atom. The minimum Gasteiger partial charge on any atom is -0.305 e. The van der Waals surface area contributed by atoms with Gasteiger partial charge in [-0.15, -0.1) is 0 Å². The number of carbonyl (C=O) groups is 2. The van der Waals surface area contributed by atoms with Crippen molar-refractivity contribution in [3.8, 4) is 0 Å². The van der Waals surface area contributed by atoms with Gasteiger partial charge in [0, 0.05) is 6.54 Å². The standard InChI is InChI=1S/C11H8F3NO2/c1-2-15-8-4-3-6(11(12,13)14)5-7(8)9(16)10(15)17/h3-5H,2H2,1H3. The van der Waals surface area contributed by atoms with E-state index in [1.54, 1.807) is 6.92 Å². The van der Waals surface area contributed by atoms with Gasteiger partial charge in [-0.25, -0.2) is 0 Å². The van der Waals surface area contributed by atoms with Crippen LogP contribution in [-0.2, 0) is 11.0 Å². The summed E-state index contributed by atoms with van der Waals surface area (Å²) in [5.41, 5.74) is -0.850. The average molecular weight is 243 g/mol. The lowest BCUT2D eigenvalue weighted by Crippen LogP contribution is -2.29. The van der Waals surface area contributed by atoms with Crippen LogP contribution in [0, 0.1) is 0 Å². The fraction of sp³-hybridized carbons (Fsp3) is 0.273. The SMILES string of the molecule is CCN1C(=O)C(=O)c2cc(C(F)(F)F)ccc21. The molecule has 0 radical (unpaired) electrons. The molecule has 17 heavy (non-hydrogen) atoms. The Kier molecular flexibility index (Phi) is 2.45. The molecule has 0 aromatic heterocycles. The average Bonchev–Trinajstić information content (AvgIpc) is 2.50. The van der Waals surface area contributed by atoms with Gasteiger partial charge in [0.15, 0.2) is 0 Å². The Hall–Kier alpha value is -1.85. The van der Waals surface area contributed by atoms with Gasteiger partial charge in [-0.05, 0) is 25.1 Å². The van der Waals surface area contributed by atoms with Gasteiger partial charge < -0.3 is 4.90 Å². The maximum absolute atomic E-state index is 12.4. The number of rotatable bonds is 1. The van der Waals surface area contributed by atoms with E-state index < -0.39 is 23.4 Å². The van der Waals surface area contributed by atoms with E-state index in [0.717, 1.165) is 23.1 Å². The first kappa shape index (κ1) is 11.6. The number of nitrogens with zero attached hydrogens (tertiary/aromatic N) is 1. The third-order valence-electron chi connectivity index (χ3n) is 2.61. The number of hydrogen-bond acceptors (Lipinski definition) is 2. The number of ketones is 1. The fourth-order valence-electron chi connectivity index (χ4n) is 1.79. The van der Waals surface area contributed by atoms with Gasteiger partial charge >= 0.3 is 6.18 Å². The van der Waals surface area contributed by atoms with Gasteiger partial charge in [-0.2, -0.15) is 13.2 Å². The first-order valence-corrected chi connectivity index (χ1v) is 4.93. The third kappa shape index (κ3) is 1.69. The van der Waals surface area contributed by atoms with Crippen molar-refractivity contribution in [2.24, 2.45) is 0 Å². The highest BCUT2D eigenvalue weighted by Crippen LogP contribution is 2.35. The molecule has 0 unspecified atom stereocenters. The van der Waals surface area contributed by atoms with E-state index in [2.05, 4.69) is 0 Å². The van der Waals surface area contributed by atoms with Crippen LogP contribution in [0.2, 0.25) is 0 Å². The normalized spacial score (nSPS) is 15.4. The molecule has 3 nitrogen and oxygen atoms in total. The van der Waals surface area contributed by atoms with Crippen molar-refractivity contribution < 1.29 is 22.8 Å². The van der Waals surface area contributed by atoms with Crippen LogP contribution < -0.4 is 4.90 Å². The second kappa shape index (κ2) is 3.58. The zero-order valence-electron chi connectivity index (χ0n) is 8.84. The molecule has 1 heterocycles. The number of benzene rings is 1. The summed E-state index contributed by atoms with van der Waals surface area (Å²) in [5, 5.41) is 0. The lowest BCUT2D eigenvalue weighted by molar-refractivity contribution is -0.137. The molecule has 1 aromatic carbocycles. The van der Waals surface area contributed by atoms with Crippen molar-refractivity contribution in [1.82, 2.24) is 0 Å².